The van der Waals surface area contributed by atoms with E-state index in [4.69, 9.17) is 4.74 Å². The van der Waals surface area contributed by atoms with Gasteiger partial charge in [0.1, 0.15) is 5.60 Å². The Morgan fingerprint density at radius 1 is 1.14 bits per heavy atom. The molecule has 0 spiro atoms. The van der Waals surface area contributed by atoms with Crippen LogP contribution in [0.15, 0.2) is 29.2 Å². The third kappa shape index (κ3) is 7.72. The van der Waals surface area contributed by atoms with Gasteiger partial charge in [0.25, 0.3) is 5.91 Å². The van der Waals surface area contributed by atoms with Crippen LogP contribution < -0.4 is 10.6 Å². The minimum Gasteiger partial charge on any atom is -0.459 e. The second-order valence-corrected chi connectivity index (χ2v) is 6.08. The zero-order valence-electron chi connectivity index (χ0n) is 12.6. The number of hydrogen-bond donors (Lipinski definition) is 3. The van der Waals surface area contributed by atoms with Crippen LogP contribution in [0.3, 0.4) is 0 Å². The molecule has 21 heavy (non-hydrogen) atoms. The summed E-state index contributed by atoms with van der Waals surface area (Å²) in [6.07, 6.45) is 0. The molecular formula is C15H22N2O3S. The van der Waals surface area contributed by atoms with Crippen molar-refractivity contribution in [3.63, 3.8) is 0 Å². The third-order valence-electron chi connectivity index (χ3n) is 2.41. The number of rotatable bonds is 6. The van der Waals surface area contributed by atoms with Gasteiger partial charge in [-0.1, -0.05) is 0 Å². The van der Waals surface area contributed by atoms with Crippen LogP contribution in [-0.4, -0.2) is 37.1 Å². The predicted molar refractivity (Wildman–Crippen MR) is 84.7 cm³/mol. The summed E-state index contributed by atoms with van der Waals surface area (Å²) in [6.45, 7) is 6.52. The molecule has 0 aliphatic rings. The van der Waals surface area contributed by atoms with Crippen molar-refractivity contribution in [2.75, 3.05) is 19.6 Å². The second-order valence-electron chi connectivity index (χ2n) is 5.57. The Kier molecular flexibility index (Phi) is 6.71. The molecule has 0 fully saturated rings. The molecular weight excluding hydrogens is 288 g/mol. The number of thiol groups is 1. The SMILES string of the molecule is CC(C)(C)OC(=O)CNCCNC(=O)c1ccc(S)cc1. The Labute approximate surface area is 130 Å². The van der Waals surface area contributed by atoms with E-state index in [2.05, 4.69) is 23.3 Å². The molecule has 0 saturated heterocycles. The zero-order valence-corrected chi connectivity index (χ0v) is 13.5. The molecule has 2 N–H and O–H groups in total. The minimum atomic E-state index is -0.480. The summed E-state index contributed by atoms with van der Waals surface area (Å²) in [5.41, 5.74) is 0.103. The molecule has 0 atom stereocenters. The van der Waals surface area contributed by atoms with E-state index in [0.717, 1.165) is 4.90 Å². The molecule has 6 heteroatoms. The molecule has 116 valence electrons. The van der Waals surface area contributed by atoms with Gasteiger partial charge in [-0.3, -0.25) is 9.59 Å². The molecule has 0 aliphatic carbocycles. The summed E-state index contributed by atoms with van der Waals surface area (Å²) in [6, 6.07) is 6.95. The van der Waals surface area contributed by atoms with Gasteiger partial charge in [-0.05, 0) is 45.0 Å². The van der Waals surface area contributed by atoms with E-state index in [1.54, 1.807) is 24.3 Å². The average Bonchev–Trinajstić information content (AvgIpc) is 2.36. The standard InChI is InChI=1S/C15H22N2O3S/c1-15(2,3)20-13(18)10-16-8-9-17-14(19)11-4-6-12(21)7-5-11/h4-7,16,21H,8-10H2,1-3H3,(H,17,19). The van der Waals surface area contributed by atoms with Crippen LogP contribution in [0, 0.1) is 0 Å². The second kappa shape index (κ2) is 8.05. The molecule has 1 rings (SSSR count). The smallest absolute Gasteiger partial charge is 0.320 e. The number of amides is 1. The Hall–Kier alpha value is -1.53. The van der Waals surface area contributed by atoms with Crippen LogP contribution in [0.1, 0.15) is 31.1 Å². The topological polar surface area (TPSA) is 67.4 Å². The lowest BCUT2D eigenvalue weighted by Crippen LogP contribution is -2.36. The molecule has 5 nitrogen and oxygen atoms in total. The van der Waals surface area contributed by atoms with Crippen molar-refractivity contribution in [1.82, 2.24) is 10.6 Å². The summed E-state index contributed by atoms with van der Waals surface area (Å²) in [5, 5.41) is 5.68. The minimum absolute atomic E-state index is 0.126. The largest absolute Gasteiger partial charge is 0.459 e. The fourth-order valence-corrected chi connectivity index (χ4v) is 1.70. The van der Waals surface area contributed by atoms with Gasteiger partial charge in [-0.2, -0.15) is 0 Å². The average molecular weight is 310 g/mol. The van der Waals surface area contributed by atoms with Gasteiger partial charge in [0.15, 0.2) is 0 Å². The first-order chi connectivity index (χ1) is 9.78. The van der Waals surface area contributed by atoms with E-state index >= 15 is 0 Å². The molecule has 1 aromatic carbocycles. The van der Waals surface area contributed by atoms with E-state index in [0.29, 0.717) is 18.7 Å². The highest BCUT2D eigenvalue weighted by Crippen LogP contribution is 2.07. The van der Waals surface area contributed by atoms with Crippen molar-refractivity contribution in [1.29, 1.82) is 0 Å². The summed E-state index contributed by atoms with van der Waals surface area (Å²) >= 11 is 4.16. The Morgan fingerprint density at radius 2 is 1.76 bits per heavy atom. The molecule has 1 aromatic rings. The van der Waals surface area contributed by atoms with Crippen LogP contribution in [0.25, 0.3) is 0 Å². The third-order valence-corrected chi connectivity index (χ3v) is 2.70. The Bertz CT molecular complexity index is 481. The molecule has 0 unspecified atom stereocenters. The first-order valence-corrected chi connectivity index (χ1v) is 7.22. The van der Waals surface area contributed by atoms with E-state index < -0.39 is 5.60 Å². The van der Waals surface area contributed by atoms with Crippen molar-refractivity contribution in [2.45, 2.75) is 31.3 Å². The van der Waals surface area contributed by atoms with Gasteiger partial charge in [0.2, 0.25) is 0 Å². The number of esters is 1. The summed E-state index contributed by atoms with van der Waals surface area (Å²) in [4.78, 5) is 24.0. The lowest BCUT2D eigenvalue weighted by molar-refractivity contribution is -0.153. The summed E-state index contributed by atoms with van der Waals surface area (Å²) in [7, 11) is 0. The highest BCUT2D eigenvalue weighted by atomic mass is 32.1. The van der Waals surface area contributed by atoms with Gasteiger partial charge >= 0.3 is 5.97 Å². The lowest BCUT2D eigenvalue weighted by Gasteiger charge is -2.19. The molecule has 1 amide bonds. The Balaban J connectivity index is 2.18. The van der Waals surface area contributed by atoms with Crippen LogP contribution in [0.2, 0.25) is 0 Å². The fourth-order valence-electron chi connectivity index (χ4n) is 1.55. The van der Waals surface area contributed by atoms with Crippen molar-refractivity contribution in [3.05, 3.63) is 29.8 Å². The number of carbonyl (C=O) groups excluding carboxylic acids is 2. The molecule has 0 aliphatic heterocycles. The van der Waals surface area contributed by atoms with E-state index in [1.165, 1.54) is 0 Å². The highest BCUT2D eigenvalue weighted by Gasteiger charge is 2.15. The van der Waals surface area contributed by atoms with E-state index in [9.17, 15) is 9.59 Å². The van der Waals surface area contributed by atoms with Crippen LogP contribution >= 0.6 is 12.6 Å². The first-order valence-electron chi connectivity index (χ1n) is 6.78. The maximum atomic E-state index is 11.8. The first kappa shape index (κ1) is 17.5. The summed E-state index contributed by atoms with van der Waals surface area (Å²) < 4.78 is 5.15. The number of carbonyl (C=O) groups is 2. The van der Waals surface area contributed by atoms with Gasteiger partial charge in [0, 0.05) is 23.5 Å². The fraction of sp³-hybridized carbons (Fsp3) is 0.467. The molecule has 0 bridgehead atoms. The highest BCUT2D eigenvalue weighted by molar-refractivity contribution is 7.80. The van der Waals surface area contributed by atoms with Crippen molar-refractivity contribution in [2.24, 2.45) is 0 Å². The quantitative estimate of drug-likeness (QED) is 0.424. The molecule has 0 heterocycles. The number of nitrogens with one attached hydrogen (secondary N) is 2. The number of benzene rings is 1. The summed E-state index contributed by atoms with van der Waals surface area (Å²) in [5.74, 6) is -0.458. The molecule has 0 aromatic heterocycles. The maximum Gasteiger partial charge on any atom is 0.320 e. The van der Waals surface area contributed by atoms with Gasteiger partial charge < -0.3 is 15.4 Å². The lowest BCUT2D eigenvalue weighted by atomic mass is 10.2. The number of hydrogen-bond acceptors (Lipinski definition) is 5. The maximum absolute atomic E-state index is 11.8. The van der Waals surface area contributed by atoms with Crippen LogP contribution in [-0.2, 0) is 9.53 Å². The van der Waals surface area contributed by atoms with Gasteiger partial charge in [-0.15, -0.1) is 12.6 Å². The Morgan fingerprint density at radius 3 is 2.33 bits per heavy atom. The molecule has 0 radical (unpaired) electrons. The monoisotopic (exact) mass is 310 g/mol. The van der Waals surface area contributed by atoms with Crippen molar-refractivity contribution < 1.29 is 14.3 Å². The molecule has 0 saturated carbocycles. The number of ether oxygens (including phenoxy) is 1. The van der Waals surface area contributed by atoms with Crippen molar-refractivity contribution in [3.8, 4) is 0 Å². The van der Waals surface area contributed by atoms with Gasteiger partial charge in [-0.25, -0.2) is 0 Å². The predicted octanol–water partition coefficient (Wildman–Crippen LogP) is 1.64. The van der Waals surface area contributed by atoms with Gasteiger partial charge in [0.05, 0.1) is 6.54 Å². The van der Waals surface area contributed by atoms with E-state index in [1.807, 2.05) is 20.8 Å². The van der Waals surface area contributed by atoms with Crippen LogP contribution in [0.4, 0.5) is 0 Å². The normalized spacial score (nSPS) is 11.0. The van der Waals surface area contributed by atoms with Crippen molar-refractivity contribution >= 4 is 24.5 Å². The van der Waals surface area contributed by atoms with E-state index in [-0.39, 0.29) is 18.4 Å². The zero-order chi connectivity index (χ0) is 15.9. The van der Waals surface area contributed by atoms with Crippen LogP contribution in [0.5, 0.6) is 0 Å².